The fourth-order valence-electron chi connectivity index (χ4n) is 3.57. The van der Waals surface area contributed by atoms with Crippen molar-refractivity contribution < 1.29 is 9.59 Å². The summed E-state index contributed by atoms with van der Waals surface area (Å²) in [6.07, 6.45) is 3.87. The lowest BCUT2D eigenvalue weighted by atomic mass is 9.97. The van der Waals surface area contributed by atoms with E-state index in [2.05, 4.69) is 21.6 Å². The summed E-state index contributed by atoms with van der Waals surface area (Å²) in [7, 11) is 0. The molecule has 1 saturated heterocycles. The van der Waals surface area contributed by atoms with Gasteiger partial charge in [0.2, 0.25) is 0 Å². The number of piperidine rings is 1. The number of carbonyl (C=O) groups is 2. The Labute approximate surface area is 184 Å². The van der Waals surface area contributed by atoms with Crippen LogP contribution >= 0.6 is 23.1 Å². The third-order valence-electron chi connectivity index (χ3n) is 5.28. The molecule has 0 bridgehead atoms. The first-order valence-corrected chi connectivity index (χ1v) is 12.0. The second kappa shape index (κ2) is 9.49. The zero-order valence-electron chi connectivity index (χ0n) is 16.8. The average Bonchev–Trinajstić information content (AvgIpc) is 3.22. The van der Waals surface area contributed by atoms with Crippen molar-refractivity contribution in [2.24, 2.45) is 5.92 Å². The first kappa shape index (κ1) is 20.7. The number of fused-ring (bicyclic) bond motifs is 1. The van der Waals surface area contributed by atoms with Gasteiger partial charge in [0, 0.05) is 24.5 Å². The molecule has 2 aromatic carbocycles. The largest absolute Gasteiger partial charge is 0.348 e. The first-order valence-electron chi connectivity index (χ1n) is 9.97. The van der Waals surface area contributed by atoms with E-state index in [0.717, 1.165) is 41.5 Å². The van der Waals surface area contributed by atoms with E-state index in [1.807, 2.05) is 42.7 Å². The van der Waals surface area contributed by atoms with E-state index >= 15 is 0 Å². The Kier molecular flexibility index (Phi) is 6.54. The van der Waals surface area contributed by atoms with Crippen molar-refractivity contribution in [3.8, 4) is 0 Å². The molecule has 156 valence electrons. The van der Waals surface area contributed by atoms with Crippen molar-refractivity contribution in [2.75, 3.05) is 36.1 Å². The number of aromatic nitrogens is 1. The molecule has 1 aliphatic rings. The second-order valence-corrected chi connectivity index (χ2v) is 9.12. The summed E-state index contributed by atoms with van der Waals surface area (Å²) in [5.74, 6) is -0.839. The van der Waals surface area contributed by atoms with Gasteiger partial charge in [-0.25, -0.2) is 4.98 Å². The van der Waals surface area contributed by atoms with Gasteiger partial charge in [0.25, 0.3) is 0 Å². The van der Waals surface area contributed by atoms with E-state index < -0.39 is 11.8 Å². The number of nitrogens with one attached hydrogen (secondary N) is 2. The van der Waals surface area contributed by atoms with Gasteiger partial charge in [-0.1, -0.05) is 35.6 Å². The van der Waals surface area contributed by atoms with Crippen molar-refractivity contribution in [1.82, 2.24) is 10.3 Å². The maximum atomic E-state index is 12.2. The highest BCUT2D eigenvalue weighted by atomic mass is 32.2. The molecule has 2 heterocycles. The van der Waals surface area contributed by atoms with Crippen LogP contribution in [0.1, 0.15) is 12.8 Å². The molecular formula is C22H24N4O2S2. The number of anilines is 2. The van der Waals surface area contributed by atoms with E-state index in [1.165, 1.54) is 16.5 Å². The summed E-state index contributed by atoms with van der Waals surface area (Å²) in [4.78, 5) is 32.4. The van der Waals surface area contributed by atoms with E-state index in [9.17, 15) is 9.59 Å². The standard InChI is InChI=1S/C22H24N4O2S2/c1-29-18-8-4-2-6-16(18)24-21(28)20(27)23-14-15-10-12-26(13-11-15)22-25-17-7-3-5-9-19(17)30-22/h2-9,15H,10-14H2,1H3,(H,23,27)(H,24,28). The molecule has 3 aromatic rings. The molecule has 0 saturated carbocycles. The van der Waals surface area contributed by atoms with Gasteiger partial charge in [0.05, 0.1) is 15.9 Å². The fraction of sp³-hybridized carbons (Fsp3) is 0.318. The molecule has 0 unspecified atom stereocenters. The minimum atomic E-state index is -0.622. The molecule has 8 heteroatoms. The number of nitrogens with zero attached hydrogens (tertiary/aromatic N) is 2. The van der Waals surface area contributed by atoms with Crippen LogP contribution < -0.4 is 15.5 Å². The molecule has 30 heavy (non-hydrogen) atoms. The highest BCUT2D eigenvalue weighted by Crippen LogP contribution is 2.31. The molecule has 1 aromatic heterocycles. The number of benzene rings is 2. The lowest BCUT2D eigenvalue weighted by Gasteiger charge is -2.31. The molecule has 2 N–H and O–H groups in total. The highest BCUT2D eigenvalue weighted by molar-refractivity contribution is 7.98. The second-order valence-electron chi connectivity index (χ2n) is 7.26. The van der Waals surface area contributed by atoms with Crippen LogP contribution in [0, 0.1) is 5.92 Å². The topological polar surface area (TPSA) is 74.3 Å². The van der Waals surface area contributed by atoms with Gasteiger partial charge in [-0.3, -0.25) is 9.59 Å². The van der Waals surface area contributed by atoms with E-state index in [1.54, 1.807) is 17.4 Å². The number of hydrogen-bond donors (Lipinski definition) is 2. The summed E-state index contributed by atoms with van der Waals surface area (Å²) >= 11 is 3.25. The maximum absolute atomic E-state index is 12.2. The number of thioether (sulfide) groups is 1. The molecule has 4 rings (SSSR count). The summed E-state index contributed by atoms with van der Waals surface area (Å²) in [6.45, 7) is 2.34. The summed E-state index contributed by atoms with van der Waals surface area (Å²) in [5, 5.41) is 6.56. The van der Waals surface area contributed by atoms with Gasteiger partial charge in [-0.05, 0) is 49.3 Å². The number of hydrogen-bond acceptors (Lipinski definition) is 6. The number of para-hydroxylation sites is 2. The minimum absolute atomic E-state index is 0.367. The van der Waals surface area contributed by atoms with Gasteiger partial charge in [0.1, 0.15) is 0 Å². The molecule has 0 atom stereocenters. The molecule has 0 aliphatic carbocycles. The predicted molar refractivity (Wildman–Crippen MR) is 124 cm³/mol. The summed E-state index contributed by atoms with van der Waals surface area (Å²) in [5.41, 5.74) is 1.70. The van der Waals surface area contributed by atoms with E-state index in [-0.39, 0.29) is 0 Å². The van der Waals surface area contributed by atoms with Crippen LogP contribution in [0.4, 0.5) is 10.8 Å². The Bertz CT molecular complexity index is 1010. The maximum Gasteiger partial charge on any atom is 0.313 e. The monoisotopic (exact) mass is 440 g/mol. The van der Waals surface area contributed by atoms with Crippen LogP contribution in [0.15, 0.2) is 53.4 Å². The number of amides is 2. The lowest BCUT2D eigenvalue weighted by molar-refractivity contribution is -0.136. The zero-order valence-corrected chi connectivity index (χ0v) is 18.4. The smallest absolute Gasteiger partial charge is 0.313 e. The van der Waals surface area contributed by atoms with Gasteiger partial charge in [-0.2, -0.15) is 0 Å². The Morgan fingerprint density at radius 2 is 1.83 bits per heavy atom. The fourth-order valence-corrected chi connectivity index (χ4v) is 5.14. The SMILES string of the molecule is CSc1ccccc1NC(=O)C(=O)NCC1CCN(c2nc3ccccc3s2)CC1. The van der Waals surface area contributed by atoms with Gasteiger partial charge in [-0.15, -0.1) is 11.8 Å². The molecule has 0 radical (unpaired) electrons. The van der Waals surface area contributed by atoms with E-state index in [0.29, 0.717) is 18.2 Å². The van der Waals surface area contributed by atoms with Crippen LogP contribution in [0.25, 0.3) is 10.2 Å². The highest BCUT2D eigenvalue weighted by Gasteiger charge is 2.23. The Morgan fingerprint density at radius 1 is 1.10 bits per heavy atom. The molecule has 1 aliphatic heterocycles. The van der Waals surface area contributed by atoms with Crippen molar-refractivity contribution >= 4 is 55.9 Å². The predicted octanol–water partition coefficient (Wildman–Crippen LogP) is 3.99. The Hall–Kier alpha value is -2.58. The Balaban J connectivity index is 1.25. The van der Waals surface area contributed by atoms with Gasteiger partial charge >= 0.3 is 11.8 Å². The first-order chi connectivity index (χ1) is 14.6. The van der Waals surface area contributed by atoms with Crippen LogP contribution in [-0.4, -0.2) is 42.7 Å². The molecule has 2 amide bonds. The van der Waals surface area contributed by atoms with Crippen molar-refractivity contribution in [3.05, 3.63) is 48.5 Å². The minimum Gasteiger partial charge on any atom is -0.348 e. The van der Waals surface area contributed by atoms with Crippen LogP contribution in [0.5, 0.6) is 0 Å². The Morgan fingerprint density at radius 3 is 2.60 bits per heavy atom. The van der Waals surface area contributed by atoms with Crippen LogP contribution in [0.3, 0.4) is 0 Å². The van der Waals surface area contributed by atoms with Crippen molar-refractivity contribution in [1.29, 1.82) is 0 Å². The van der Waals surface area contributed by atoms with Gasteiger partial charge < -0.3 is 15.5 Å². The van der Waals surface area contributed by atoms with Gasteiger partial charge in [0.15, 0.2) is 5.13 Å². The molecule has 1 fully saturated rings. The summed E-state index contributed by atoms with van der Waals surface area (Å²) < 4.78 is 1.20. The number of carbonyl (C=O) groups excluding carboxylic acids is 2. The normalized spacial score (nSPS) is 14.6. The third-order valence-corrected chi connectivity index (χ3v) is 7.17. The average molecular weight is 441 g/mol. The lowest BCUT2D eigenvalue weighted by Crippen LogP contribution is -2.41. The van der Waals surface area contributed by atoms with Crippen molar-refractivity contribution in [3.63, 3.8) is 0 Å². The third kappa shape index (κ3) is 4.76. The summed E-state index contributed by atoms with van der Waals surface area (Å²) in [6, 6.07) is 15.6. The van der Waals surface area contributed by atoms with Crippen LogP contribution in [-0.2, 0) is 9.59 Å². The molecule has 0 spiro atoms. The van der Waals surface area contributed by atoms with Crippen molar-refractivity contribution in [2.45, 2.75) is 17.7 Å². The quantitative estimate of drug-likeness (QED) is 0.464. The number of thiazole rings is 1. The zero-order chi connectivity index (χ0) is 20.9. The molecule has 6 nitrogen and oxygen atoms in total. The number of rotatable bonds is 5. The van der Waals surface area contributed by atoms with E-state index in [4.69, 9.17) is 4.98 Å². The molecular weight excluding hydrogens is 416 g/mol. The van der Waals surface area contributed by atoms with Crippen LogP contribution in [0.2, 0.25) is 0 Å².